The van der Waals surface area contributed by atoms with Crippen LogP contribution in [0.2, 0.25) is 0 Å². The molecule has 0 aliphatic heterocycles. The lowest BCUT2D eigenvalue weighted by atomic mass is 10.1. The van der Waals surface area contributed by atoms with Gasteiger partial charge in [0.25, 0.3) is 0 Å². The zero-order valence-corrected chi connectivity index (χ0v) is 9.71. The number of nitrogens with one attached hydrogen (secondary N) is 1. The molecule has 5 heteroatoms. The lowest BCUT2D eigenvalue weighted by Gasteiger charge is -2.21. The van der Waals surface area contributed by atoms with Gasteiger partial charge in [-0.15, -0.1) is 0 Å². The van der Waals surface area contributed by atoms with E-state index in [1.807, 2.05) is 0 Å². The Bertz CT molecular complexity index is 186. The molecule has 1 rings (SSSR count). The number of aliphatic hydroxyl groups is 4. The van der Waals surface area contributed by atoms with E-state index < -0.39 is 24.4 Å². The second kappa shape index (κ2) is 6.51. The average Bonchev–Trinajstić information content (AvgIpc) is 2.33. The first-order valence-electron chi connectivity index (χ1n) is 6.02. The summed E-state index contributed by atoms with van der Waals surface area (Å²) in [6.45, 7) is 2.92. The molecule has 1 aliphatic carbocycles. The van der Waals surface area contributed by atoms with E-state index >= 15 is 0 Å². The molecule has 96 valence electrons. The summed E-state index contributed by atoms with van der Waals surface area (Å²) in [7, 11) is 0. The first kappa shape index (κ1) is 13.9. The van der Waals surface area contributed by atoms with Gasteiger partial charge in [0.1, 0.15) is 12.2 Å². The maximum atomic E-state index is 9.61. The number of hydrogen-bond donors (Lipinski definition) is 5. The van der Waals surface area contributed by atoms with Crippen LogP contribution in [0.3, 0.4) is 0 Å². The summed E-state index contributed by atoms with van der Waals surface area (Å²) in [5, 5.41) is 41.4. The number of aliphatic hydroxyl groups excluding tert-OH is 4. The quantitative estimate of drug-likeness (QED) is 0.317. The molecule has 1 fully saturated rings. The molecular formula is C11H23NO4. The molecule has 0 unspecified atom stereocenters. The minimum Gasteiger partial charge on any atom is -0.390 e. The molecule has 5 N–H and O–H groups in total. The molecule has 4 atom stereocenters. The molecule has 0 heterocycles. The summed E-state index contributed by atoms with van der Waals surface area (Å²) in [6, 6.07) is -0.0525. The van der Waals surface area contributed by atoms with Crippen LogP contribution in [-0.4, -0.2) is 57.4 Å². The van der Waals surface area contributed by atoms with Crippen molar-refractivity contribution in [2.45, 2.75) is 63.1 Å². The van der Waals surface area contributed by atoms with Crippen molar-refractivity contribution in [3.63, 3.8) is 0 Å². The van der Waals surface area contributed by atoms with Crippen molar-refractivity contribution in [2.75, 3.05) is 6.54 Å². The molecule has 0 radical (unpaired) electrons. The predicted octanol–water partition coefficient (Wildman–Crippen LogP) is -1.02. The Morgan fingerprint density at radius 1 is 1.00 bits per heavy atom. The standard InChI is InChI=1S/C11H23NO4/c1-2-3-4-12-7-5-8(13)10(15)11(16)9(14)6-7/h7-16H,2-6H2,1H3/t8-,9-,10-,11-/m1/s1. The number of rotatable bonds is 4. The van der Waals surface area contributed by atoms with E-state index in [-0.39, 0.29) is 6.04 Å². The summed E-state index contributed by atoms with van der Waals surface area (Å²) in [5.74, 6) is 0. The zero-order valence-electron chi connectivity index (χ0n) is 9.71. The van der Waals surface area contributed by atoms with E-state index in [0.717, 1.165) is 19.4 Å². The second-order valence-corrected chi connectivity index (χ2v) is 4.59. The highest BCUT2D eigenvalue weighted by atomic mass is 16.4. The van der Waals surface area contributed by atoms with Crippen molar-refractivity contribution in [1.29, 1.82) is 0 Å². The van der Waals surface area contributed by atoms with E-state index in [1.54, 1.807) is 0 Å². The molecular weight excluding hydrogens is 210 g/mol. The van der Waals surface area contributed by atoms with Crippen molar-refractivity contribution in [3.8, 4) is 0 Å². The minimum absolute atomic E-state index is 0.0525. The smallest absolute Gasteiger partial charge is 0.108 e. The maximum Gasteiger partial charge on any atom is 0.108 e. The molecule has 0 bridgehead atoms. The van der Waals surface area contributed by atoms with Crippen LogP contribution in [0.4, 0.5) is 0 Å². The second-order valence-electron chi connectivity index (χ2n) is 4.59. The third-order valence-corrected chi connectivity index (χ3v) is 3.15. The first-order chi connectivity index (χ1) is 7.56. The van der Waals surface area contributed by atoms with E-state index in [1.165, 1.54) is 0 Å². The van der Waals surface area contributed by atoms with Gasteiger partial charge in [-0.2, -0.15) is 0 Å². The zero-order chi connectivity index (χ0) is 12.1. The summed E-state index contributed by atoms with van der Waals surface area (Å²) in [5.41, 5.74) is 0. The monoisotopic (exact) mass is 233 g/mol. The largest absolute Gasteiger partial charge is 0.390 e. The number of unbranched alkanes of at least 4 members (excludes halogenated alkanes) is 1. The lowest BCUT2D eigenvalue weighted by molar-refractivity contribution is -0.0947. The van der Waals surface area contributed by atoms with Gasteiger partial charge in [-0.1, -0.05) is 13.3 Å². The Balaban J connectivity index is 2.47. The van der Waals surface area contributed by atoms with Crippen LogP contribution in [0.1, 0.15) is 32.6 Å². The Morgan fingerprint density at radius 3 is 1.94 bits per heavy atom. The molecule has 1 saturated carbocycles. The fourth-order valence-electron chi connectivity index (χ4n) is 2.06. The van der Waals surface area contributed by atoms with Gasteiger partial charge in [0.05, 0.1) is 12.2 Å². The number of hydrogen-bond acceptors (Lipinski definition) is 5. The van der Waals surface area contributed by atoms with Crippen molar-refractivity contribution < 1.29 is 20.4 Å². The molecule has 0 spiro atoms. The van der Waals surface area contributed by atoms with Crippen molar-refractivity contribution in [3.05, 3.63) is 0 Å². The van der Waals surface area contributed by atoms with E-state index in [4.69, 9.17) is 0 Å². The van der Waals surface area contributed by atoms with E-state index in [2.05, 4.69) is 12.2 Å². The van der Waals surface area contributed by atoms with Crippen LogP contribution in [0.5, 0.6) is 0 Å². The summed E-state index contributed by atoms with van der Waals surface area (Å²) in [4.78, 5) is 0. The van der Waals surface area contributed by atoms with Crippen LogP contribution in [0.15, 0.2) is 0 Å². The van der Waals surface area contributed by atoms with Crippen LogP contribution in [-0.2, 0) is 0 Å². The van der Waals surface area contributed by atoms with Gasteiger partial charge in [-0.3, -0.25) is 0 Å². The SMILES string of the molecule is CCCCNC1C[C@@H](O)[C@@H](O)[C@H](O)[C@H](O)C1. The molecule has 0 amide bonds. The fraction of sp³-hybridized carbons (Fsp3) is 1.00. The Morgan fingerprint density at radius 2 is 1.50 bits per heavy atom. The van der Waals surface area contributed by atoms with Gasteiger partial charge in [-0.05, 0) is 25.8 Å². The van der Waals surface area contributed by atoms with Crippen LogP contribution >= 0.6 is 0 Å². The highest BCUT2D eigenvalue weighted by Gasteiger charge is 2.36. The summed E-state index contributed by atoms with van der Waals surface area (Å²) in [6.07, 6.45) is -1.64. The average molecular weight is 233 g/mol. The highest BCUT2D eigenvalue weighted by Crippen LogP contribution is 2.20. The first-order valence-corrected chi connectivity index (χ1v) is 6.02. The van der Waals surface area contributed by atoms with Gasteiger partial charge in [0.2, 0.25) is 0 Å². The highest BCUT2D eigenvalue weighted by molar-refractivity contribution is 4.90. The van der Waals surface area contributed by atoms with E-state index in [0.29, 0.717) is 12.8 Å². The minimum atomic E-state index is -1.26. The molecule has 16 heavy (non-hydrogen) atoms. The van der Waals surface area contributed by atoms with Crippen LogP contribution in [0, 0.1) is 0 Å². The Hall–Kier alpha value is -0.200. The van der Waals surface area contributed by atoms with Crippen LogP contribution in [0.25, 0.3) is 0 Å². The summed E-state index contributed by atoms with van der Waals surface area (Å²) < 4.78 is 0. The van der Waals surface area contributed by atoms with Crippen molar-refractivity contribution in [2.24, 2.45) is 0 Å². The van der Waals surface area contributed by atoms with Gasteiger partial charge in [-0.25, -0.2) is 0 Å². The van der Waals surface area contributed by atoms with Gasteiger partial charge < -0.3 is 25.7 Å². The molecule has 0 aromatic rings. The van der Waals surface area contributed by atoms with Gasteiger partial charge >= 0.3 is 0 Å². The third kappa shape index (κ3) is 3.68. The van der Waals surface area contributed by atoms with Crippen molar-refractivity contribution in [1.82, 2.24) is 5.32 Å². The molecule has 5 nitrogen and oxygen atoms in total. The molecule has 0 aromatic carbocycles. The van der Waals surface area contributed by atoms with Gasteiger partial charge in [0.15, 0.2) is 0 Å². The van der Waals surface area contributed by atoms with Crippen LogP contribution < -0.4 is 5.32 Å². The van der Waals surface area contributed by atoms with Crippen molar-refractivity contribution >= 4 is 0 Å². The summed E-state index contributed by atoms with van der Waals surface area (Å²) >= 11 is 0. The normalized spacial score (nSPS) is 40.7. The fourth-order valence-corrected chi connectivity index (χ4v) is 2.06. The lowest BCUT2D eigenvalue weighted by Crippen LogP contribution is -2.41. The predicted molar refractivity (Wildman–Crippen MR) is 60.0 cm³/mol. The maximum absolute atomic E-state index is 9.61. The van der Waals surface area contributed by atoms with Gasteiger partial charge in [0, 0.05) is 6.04 Å². The Labute approximate surface area is 96.1 Å². The van der Waals surface area contributed by atoms with E-state index in [9.17, 15) is 20.4 Å². The molecule has 1 aliphatic rings. The topological polar surface area (TPSA) is 93.0 Å². The molecule has 0 saturated heterocycles. The molecule has 0 aromatic heterocycles. The third-order valence-electron chi connectivity index (χ3n) is 3.15. The Kier molecular flexibility index (Phi) is 5.64.